The average molecular weight is 373 g/mol. The van der Waals surface area contributed by atoms with Gasteiger partial charge in [-0.05, 0) is 24.5 Å². The number of nitrogens with zero attached hydrogens (tertiary/aromatic N) is 2. The third kappa shape index (κ3) is 6.21. The molecule has 2 atom stereocenters. The summed E-state index contributed by atoms with van der Waals surface area (Å²) in [4.78, 5) is 47.0. The minimum absolute atomic E-state index is 0.0615. The monoisotopic (exact) mass is 373 g/mol. The number of hydrogen-bond donors (Lipinski definition) is 4. The Morgan fingerprint density at radius 2 is 1.93 bits per heavy atom. The van der Waals surface area contributed by atoms with Gasteiger partial charge in [-0.25, -0.2) is 9.78 Å². The van der Waals surface area contributed by atoms with Crippen LogP contribution in [0.4, 0.5) is 0 Å². The summed E-state index contributed by atoms with van der Waals surface area (Å²) < 4.78 is 0. The van der Waals surface area contributed by atoms with Crippen LogP contribution < -0.4 is 10.6 Å². The largest absolute Gasteiger partial charge is 0.480 e. The average Bonchev–Trinajstić information content (AvgIpc) is 3.13. The molecule has 0 aliphatic carbocycles. The van der Waals surface area contributed by atoms with E-state index in [4.69, 9.17) is 0 Å². The van der Waals surface area contributed by atoms with Crippen molar-refractivity contribution in [3.05, 3.63) is 48.3 Å². The zero-order valence-electron chi connectivity index (χ0n) is 15.2. The highest BCUT2D eigenvalue weighted by molar-refractivity contribution is 5.97. The molecular formula is C18H23N5O4. The van der Waals surface area contributed by atoms with E-state index < -0.39 is 29.9 Å². The fourth-order valence-corrected chi connectivity index (χ4v) is 2.53. The van der Waals surface area contributed by atoms with E-state index in [0.717, 1.165) is 0 Å². The topological polar surface area (TPSA) is 137 Å². The lowest BCUT2D eigenvalue weighted by molar-refractivity contribution is -0.142. The van der Waals surface area contributed by atoms with Crippen LogP contribution in [0.5, 0.6) is 0 Å². The summed E-state index contributed by atoms with van der Waals surface area (Å²) in [7, 11) is 0. The first-order valence-electron chi connectivity index (χ1n) is 8.58. The molecule has 2 aromatic heterocycles. The fraction of sp³-hybridized carbons (Fsp3) is 0.389. The van der Waals surface area contributed by atoms with Crippen LogP contribution in [0.15, 0.2) is 37.1 Å². The normalized spacial score (nSPS) is 13.0. The zero-order valence-corrected chi connectivity index (χ0v) is 15.2. The van der Waals surface area contributed by atoms with E-state index in [1.807, 2.05) is 13.8 Å². The molecule has 0 spiro atoms. The Morgan fingerprint density at radius 1 is 1.15 bits per heavy atom. The Morgan fingerprint density at radius 3 is 2.48 bits per heavy atom. The van der Waals surface area contributed by atoms with Crippen molar-refractivity contribution in [1.29, 1.82) is 0 Å². The predicted molar refractivity (Wildman–Crippen MR) is 96.8 cm³/mol. The molecule has 0 radical (unpaired) electrons. The second-order valence-electron chi connectivity index (χ2n) is 6.58. The molecule has 27 heavy (non-hydrogen) atoms. The molecule has 0 fully saturated rings. The number of aromatic amines is 1. The van der Waals surface area contributed by atoms with Crippen LogP contribution in [-0.4, -0.2) is 49.9 Å². The maximum atomic E-state index is 12.7. The molecule has 9 nitrogen and oxygen atoms in total. The third-order valence-corrected chi connectivity index (χ3v) is 3.85. The van der Waals surface area contributed by atoms with Crippen molar-refractivity contribution in [3.8, 4) is 0 Å². The van der Waals surface area contributed by atoms with Gasteiger partial charge in [0.2, 0.25) is 5.91 Å². The van der Waals surface area contributed by atoms with Crippen molar-refractivity contribution in [3.63, 3.8) is 0 Å². The molecule has 0 bridgehead atoms. The number of H-pyrrole nitrogens is 1. The number of hydrogen-bond acceptors (Lipinski definition) is 5. The highest BCUT2D eigenvalue weighted by Gasteiger charge is 2.28. The van der Waals surface area contributed by atoms with Crippen LogP contribution in [0.25, 0.3) is 0 Å². The van der Waals surface area contributed by atoms with Gasteiger partial charge in [-0.2, -0.15) is 0 Å². The molecule has 2 heterocycles. The zero-order chi connectivity index (χ0) is 19.8. The number of carboxylic acid groups (broad SMARTS) is 1. The number of nitrogens with one attached hydrogen (secondary N) is 3. The second-order valence-corrected chi connectivity index (χ2v) is 6.58. The van der Waals surface area contributed by atoms with Gasteiger partial charge in [0.1, 0.15) is 12.1 Å². The van der Waals surface area contributed by atoms with Gasteiger partial charge < -0.3 is 20.7 Å². The van der Waals surface area contributed by atoms with Crippen LogP contribution in [-0.2, 0) is 16.0 Å². The van der Waals surface area contributed by atoms with E-state index in [-0.39, 0.29) is 12.3 Å². The minimum atomic E-state index is -1.17. The van der Waals surface area contributed by atoms with Crippen LogP contribution >= 0.6 is 0 Å². The number of aromatic nitrogens is 3. The summed E-state index contributed by atoms with van der Waals surface area (Å²) in [6, 6.07) is 1.21. The van der Waals surface area contributed by atoms with Gasteiger partial charge in [-0.3, -0.25) is 14.6 Å². The number of pyridine rings is 1. The van der Waals surface area contributed by atoms with Crippen molar-refractivity contribution in [1.82, 2.24) is 25.6 Å². The van der Waals surface area contributed by atoms with E-state index in [1.165, 1.54) is 18.7 Å². The van der Waals surface area contributed by atoms with Crippen molar-refractivity contribution in [2.24, 2.45) is 5.92 Å². The standard InChI is InChI=1S/C18H23N5O4/c1-11(2)6-14(22-16(24)12-4-3-5-19-8-12)17(25)23-15(18(26)27)7-13-9-20-10-21-13/h3-5,8-11,14-15H,6-7H2,1-2H3,(H,20,21)(H,22,24)(H,23,25)(H,26,27)/t14-,15-/m0/s1. The molecule has 2 amide bonds. The number of imidazole rings is 1. The van der Waals surface area contributed by atoms with Crippen molar-refractivity contribution >= 4 is 17.8 Å². The number of carbonyl (C=O) groups is 3. The molecule has 4 N–H and O–H groups in total. The van der Waals surface area contributed by atoms with Crippen LogP contribution in [0, 0.1) is 5.92 Å². The Kier molecular flexibility index (Phi) is 7.04. The second kappa shape index (κ2) is 9.46. The van der Waals surface area contributed by atoms with Gasteiger partial charge in [0.15, 0.2) is 0 Å². The molecule has 2 aromatic rings. The molecule has 144 valence electrons. The first-order valence-corrected chi connectivity index (χ1v) is 8.58. The molecule has 0 aromatic carbocycles. The van der Waals surface area contributed by atoms with Gasteiger partial charge in [0.25, 0.3) is 5.91 Å². The number of aliphatic carboxylic acids is 1. The molecule has 2 rings (SSSR count). The van der Waals surface area contributed by atoms with Gasteiger partial charge in [0, 0.05) is 30.7 Å². The number of amides is 2. The SMILES string of the molecule is CC(C)C[C@H](NC(=O)c1cccnc1)C(=O)N[C@@H](Cc1cnc[nH]1)C(=O)O. The van der Waals surface area contributed by atoms with E-state index in [1.54, 1.807) is 18.3 Å². The summed E-state index contributed by atoms with van der Waals surface area (Å²) in [5.74, 6) is -2.04. The fourth-order valence-electron chi connectivity index (χ4n) is 2.53. The maximum absolute atomic E-state index is 12.7. The lowest BCUT2D eigenvalue weighted by Crippen LogP contribution is -2.52. The summed E-state index contributed by atoms with van der Waals surface area (Å²) in [5.41, 5.74) is 0.911. The first-order chi connectivity index (χ1) is 12.9. The van der Waals surface area contributed by atoms with Gasteiger partial charge >= 0.3 is 5.97 Å². The summed E-state index contributed by atoms with van der Waals surface area (Å²) >= 11 is 0. The molecule has 9 heteroatoms. The van der Waals surface area contributed by atoms with Gasteiger partial charge in [-0.1, -0.05) is 13.8 Å². The van der Waals surface area contributed by atoms with Crippen molar-refractivity contribution in [2.75, 3.05) is 0 Å². The molecule has 0 aliphatic heterocycles. The summed E-state index contributed by atoms with van der Waals surface area (Å²) in [6.45, 7) is 3.82. The smallest absolute Gasteiger partial charge is 0.326 e. The predicted octanol–water partition coefficient (Wildman–Crippen LogP) is 0.761. The quantitative estimate of drug-likeness (QED) is 0.512. The molecule has 0 unspecified atom stereocenters. The first kappa shape index (κ1) is 20.1. The number of rotatable bonds is 9. The van der Waals surface area contributed by atoms with Crippen LogP contribution in [0.2, 0.25) is 0 Å². The lowest BCUT2D eigenvalue weighted by Gasteiger charge is -2.22. The highest BCUT2D eigenvalue weighted by Crippen LogP contribution is 2.08. The molecular weight excluding hydrogens is 350 g/mol. The molecule has 0 saturated heterocycles. The minimum Gasteiger partial charge on any atom is -0.480 e. The van der Waals surface area contributed by atoms with Gasteiger partial charge in [0.05, 0.1) is 11.9 Å². The molecule has 0 saturated carbocycles. The van der Waals surface area contributed by atoms with Crippen LogP contribution in [0.1, 0.15) is 36.3 Å². The van der Waals surface area contributed by atoms with E-state index in [9.17, 15) is 19.5 Å². The summed E-state index contributed by atoms with van der Waals surface area (Å²) in [5, 5.41) is 14.6. The Labute approximate surface area is 156 Å². The van der Waals surface area contributed by atoms with Crippen molar-refractivity contribution < 1.29 is 19.5 Å². The number of carboxylic acids is 1. The highest BCUT2D eigenvalue weighted by atomic mass is 16.4. The number of carbonyl (C=O) groups excluding carboxylic acids is 2. The van der Waals surface area contributed by atoms with Crippen molar-refractivity contribution in [2.45, 2.75) is 38.8 Å². The Hall–Kier alpha value is -3.23. The molecule has 0 aliphatic rings. The van der Waals surface area contributed by atoms with E-state index in [2.05, 4.69) is 25.6 Å². The Bertz CT molecular complexity index is 761. The van der Waals surface area contributed by atoms with Crippen LogP contribution in [0.3, 0.4) is 0 Å². The van der Waals surface area contributed by atoms with E-state index in [0.29, 0.717) is 17.7 Å². The maximum Gasteiger partial charge on any atom is 0.326 e. The summed E-state index contributed by atoms with van der Waals surface area (Å²) in [6.07, 6.45) is 6.31. The third-order valence-electron chi connectivity index (χ3n) is 3.85. The lowest BCUT2D eigenvalue weighted by atomic mass is 10.0. The van der Waals surface area contributed by atoms with E-state index >= 15 is 0 Å². The van der Waals surface area contributed by atoms with Gasteiger partial charge in [-0.15, -0.1) is 0 Å². The Balaban J connectivity index is 2.08.